The fourth-order valence-corrected chi connectivity index (χ4v) is 2.20. The van der Waals surface area contributed by atoms with Gasteiger partial charge in [0.15, 0.2) is 6.29 Å². The average molecular weight is 256 g/mol. The minimum atomic E-state index is -0.524. The molecule has 4 heteroatoms. The summed E-state index contributed by atoms with van der Waals surface area (Å²) in [5, 5.41) is 9.97. The number of hydrogen-bond acceptors (Lipinski definition) is 4. The molecule has 0 spiro atoms. The number of methoxy groups -OCH3 is 1. The molecule has 1 aliphatic rings. The van der Waals surface area contributed by atoms with Crippen LogP contribution in [0.25, 0.3) is 0 Å². The van der Waals surface area contributed by atoms with Crippen LogP contribution in [0.3, 0.4) is 0 Å². The van der Waals surface area contributed by atoms with Crippen LogP contribution >= 0.6 is 0 Å². The summed E-state index contributed by atoms with van der Waals surface area (Å²) in [5.41, 5.74) is 0. The SMILES string of the molecule is C#CCCCCOC1CC(O)C(OC)C(CC)O1. The van der Waals surface area contributed by atoms with Gasteiger partial charge in [0, 0.05) is 26.6 Å². The second kappa shape index (κ2) is 8.49. The molecule has 1 fully saturated rings. The van der Waals surface area contributed by atoms with E-state index in [-0.39, 0.29) is 18.5 Å². The summed E-state index contributed by atoms with van der Waals surface area (Å²) in [5.74, 6) is 2.60. The van der Waals surface area contributed by atoms with Crippen LogP contribution in [-0.4, -0.2) is 43.4 Å². The lowest BCUT2D eigenvalue weighted by Gasteiger charge is -2.38. The molecule has 4 unspecified atom stereocenters. The number of unbranched alkanes of at least 4 members (excludes halogenated alkanes) is 2. The Kier molecular flexibility index (Phi) is 7.29. The molecule has 0 saturated carbocycles. The van der Waals surface area contributed by atoms with Crippen molar-refractivity contribution in [3.63, 3.8) is 0 Å². The van der Waals surface area contributed by atoms with E-state index in [2.05, 4.69) is 5.92 Å². The standard InChI is InChI=1S/C14H24O4/c1-4-6-7-8-9-17-13-10-11(15)14(16-3)12(5-2)18-13/h1,11-15H,5-10H2,2-3H3. The first kappa shape index (κ1) is 15.5. The Morgan fingerprint density at radius 2 is 2.22 bits per heavy atom. The summed E-state index contributed by atoms with van der Waals surface area (Å²) in [6.07, 6.45) is 7.89. The number of terminal acetylenes is 1. The summed E-state index contributed by atoms with van der Waals surface area (Å²) in [7, 11) is 1.60. The highest BCUT2D eigenvalue weighted by molar-refractivity contribution is 4.84. The van der Waals surface area contributed by atoms with Crippen molar-refractivity contribution < 1.29 is 19.3 Å². The van der Waals surface area contributed by atoms with Gasteiger partial charge in [0.1, 0.15) is 6.10 Å². The minimum Gasteiger partial charge on any atom is -0.390 e. The first-order valence-corrected chi connectivity index (χ1v) is 6.64. The van der Waals surface area contributed by atoms with Crippen LogP contribution in [0.15, 0.2) is 0 Å². The maximum absolute atomic E-state index is 9.97. The molecule has 1 saturated heterocycles. The van der Waals surface area contributed by atoms with Gasteiger partial charge in [-0.2, -0.15) is 0 Å². The highest BCUT2D eigenvalue weighted by Gasteiger charge is 2.37. The molecular formula is C14H24O4. The van der Waals surface area contributed by atoms with E-state index in [1.165, 1.54) is 0 Å². The van der Waals surface area contributed by atoms with E-state index in [0.29, 0.717) is 13.0 Å². The predicted octanol–water partition coefficient (Wildman–Crippen LogP) is 1.71. The summed E-state index contributed by atoms with van der Waals surface area (Å²) in [6.45, 7) is 2.63. The molecule has 4 atom stereocenters. The Morgan fingerprint density at radius 3 is 2.83 bits per heavy atom. The third-order valence-electron chi connectivity index (χ3n) is 3.20. The minimum absolute atomic E-state index is 0.102. The van der Waals surface area contributed by atoms with Gasteiger partial charge in [0.05, 0.1) is 12.2 Å². The molecule has 0 aromatic heterocycles. The van der Waals surface area contributed by atoms with Crippen LogP contribution in [0.5, 0.6) is 0 Å². The second-order valence-corrected chi connectivity index (χ2v) is 4.55. The number of aliphatic hydroxyl groups excluding tert-OH is 1. The third kappa shape index (κ3) is 4.58. The first-order chi connectivity index (χ1) is 8.72. The smallest absolute Gasteiger partial charge is 0.160 e. The number of hydrogen-bond donors (Lipinski definition) is 1. The van der Waals surface area contributed by atoms with Gasteiger partial charge in [-0.15, -0.1) is 12.3 Å². The van der Waals surface area contributed by atoms with Crippen molar-refractivity contribution in [2.24, 2.45) is 0 Å². The van der Waals surface area contributed by atoms with Crippen molar-refractivity contribution in [3.8, 4) is 12.3 Å². The molecule has 0 aromatic rings. The lowest BCUT2D eigenvalue weighted by molar-refractivity contribution is -0.255. The van der Waals surface area contributed by atoms with Crippen molar-refractivity contribution >= 4 is 0 Å². The molecular weight excluding hydrogens is 232 g/mol. The maximum atomic E-state index is 9.97. The van der Waals surface area contributed by atoms with Crippen molar-refractivity contribution in [1.29, 1.82) is 0 Å². The van der Waals surface area contributed by atoms with Gasteiger partial charge < -0.3 is 19.3 Å². The van der Waals surface area contributed by atoms with Gasteiger partial charge in [0.2, 0.25) is 0 Å². The normalized spacial score (nSPS) is 32.1. The third-order valence-corrected chi connectivity index (χ3v) is 3.20. The zero-order chi connectivity index (χ0) is 13.4. The van der Waals surface area contributed by atoms with Gasteiger partial charge in [-0.1, -0.05) is 6.92 Å². The average Bonchev–Trinajstić information content (AvgIpc) is 2.37. The second-order valence-electron chi connectivity index (χ2n) is 4.55. The summed E-state index contributed by atoms with van der Waals surface area (Å²) >= 11 is 0. The van der Waals surface area contributed by atoms with E-state index < -0.39 is 6.10 Å². The number of ether oxygens (including phenoxy) is 3. The van der Waals surface area contributed by atoms with Gasteiger partial charge in [-0.25, -0.2) is 0 Å². The van der Waals surface area contributed by atoms with Crippen molar-refractivity contribution in [2.75, 3.05) is 13.7 Å². The molecule has 0 radical (unpaired) electrons. The fourth-order valence-electron chi connectivity index (χ4n) is 2.20. The highest BCUT2D eigenvalue weighted by atomic mass is 16.7. The molecule has 18 heavy (non-hydrogen) atoms. The van der Waals surface area contributed by atoms with E-state index in [0.717, 1.165) is 25.7 Å². The summed E-state index contributed by atoms with van der Waals surface area (Å²) < 4.78 is 16.6. The van der Waals surface area contributed by atoms with Crippen LogP contribution in [-0.2, 0) is 14.2 Å². The van der Waals surface area contributed by atoms with E-state index in [4.69, 9.17) is 20.6 Å². The Morgan fingerprint density at radius 1 is 1.44 bits per heavy atom. The quantitative estimate of drug-likeness (QED) is 0.556. The molecule has 1 aliphatic heterocycles. The molecule has 0 bridgehead atoms. The van der Waals surface area contributed by atoms with E-state index >= 15 is 0 Å². The highest BCUT2D eigenvalue weighted by Crippen LogP contribution is 2.25. The van der Waals surface area contributed by atoms with E-state index in [1.807, 2.05) is 6.92 Å². The monoisotopic (exact) mass is 256 g/mol. The topological polar surface area (TPSA) is 47.9 Å². The Balaban J connectivity index is 2.29. The van der Waals surface area contributed by atoms with Gasteiger partial charge >= 0.3 is 0 Å². The zero-order valence-electron chi connectivity index (χ0n) is 11.3. The Hall–Kier alpha value is -0.600. The largest absolute Gasteiger partial charge is 0.390 e. The van der Waals surface area contributed by atoms with Crippen LogP contribution in [0.4, 0.5) is 0 Å². The molecule has 0 aromatic carbocycles. The van der Waals surface area contributed by atoms with Gasteiger partial charge in [-0.05, 0) is 19.3 Å². The van der Waals surface area contributed by atoms with Crippen molar-refractivity contribution in [1.82, 2.24) is 0 Å². The molecule has 104 valence electrons. The first-order valence-electron chi connectivity index (χ1n) is 6.64. The summed E-state index contributed by atoms with van der Waals surface area (Å²) in [6, 6.07) is 0. The van der Waals surface area contributed by atoms with Crippen LogP contribution in [0, 0.1) is 12.3 Å². The van der Waals surface area contributed by atoms with Crippen LogP contribution < -0.4 is 0 Å². The fraction of sp³-hybridized carbons (Fsp3) is 0.857. The van der Waals surface area contributed by atoms with E-state index in [9.17, 15) is 5.11 Å². The number of rotatable bonds is 7. The molecule has 4 nitrogen and oxygen atoms in total. The molecule has 0 amide bonds. The van der Waals surface area contributed by atoms with Crippen LogP contribution in [0.2, 0.25) is 0 Å². The van der Waals surface area contributed by atoms with Gasteiger partial charge in [0.25, 0.3) is 0 Å². The zero-order valence-corrected chi connectivity index (χ0v) is 11.3. The van der Waals surface area contributed by atoms with E-state index in [1.54, 1.807) is 7.11 Å². The lowest BCUT2D eigenvalue weighted by Crippen LogP contribution is -2.49. The molecule has 1 N–H and O–H groups in total. The number of aliphatic hydroxyl groups is 1. The summed E-state index contributed by atoms with van der Waals surface area (Å²) in [4.78, 5) is 0. The Labute approximate surface area is 110 Å². The predicted molar refractivity (Wildman–Crippen MR) is 69.0 cm³/mol. The lowest BCUT2D eigenvalue weighted by atomic mass is 9.99. The maximum Gasteiger partial charge on any atom is 0.160 e. The van der Waals surface area contributed by atoms with Crippen LogP contribution in [0.1, 0.15) is 39.0 Å². The Bertz CT molecular complexity index is 261. The molecule has 1 heterocycles. The molecule has 0 aliphatic carbocycles. The van der Waals surface area contributed by atoms with Gasteiger partial charge in [-0.3, -0.25) is 0 Å². The van der Waals surface area contributed by atoms with Crippen molar-refractivity contribution in [2.45, 2.75) is 63.6 Å². The van der Waals surface area contributed by atoms with Crippen molar-refractivity contribution in [3.05, 3.63) is 0 Å². The molecule has 1 rings (SSSR count).